The molecular formula is C50H83N2O15P. The Labute approximate surface area is 404 Å². The zero-order valence-electron chi connectivity index (χ0n) is 42.4. The number of rotatable bonds is 13. The number of allylic oxidation sites excluding steroid dienone is 3. The van der Waals surface area contributed by atoms with Gasteiger partial charge in [0.05, 0.1) is 37.1 Å². The Kier molecular flexibility index (Phi) is 21.4. The van der Waals surface area contributed by atoms with Gasteiger partial charge in [-0.15, -0.1) is 0 Å². The number of aliphatic hydroxyl groups excluding tert-OH is 1. The van der Waals surface area contributed by atoms with Crippen molar-refractivity contribution in [1.82, 2.24) is 9.80 Å². The first-order valence-corrected chi connectivity index (χ1v) is 26.6. The zero-order valence-corrected chi connectivity index (χ0v) is 43.3. The minimum atomic E-state index is -3.89. The molecule has 4 aliphatic heterocycles. The number of ketones is 2. The summed E-state index contributed by atoms with van der Waals surface area (Å²) in [4.78, 5) is 60.7. The van der Waals surface area contributed by atoms with Crippen LogP contribution in [-0.2, 0) is 61.0 Å². The van der Waals surface area contributed by atoms with Gasteiger partial charge in [-0.1, -0.05) is 45.4 Å². The number of carbonyl (C=O) groups excluding carboxylic acids is 4. The van der Waals surface area contributed by atoms with E-state index in [4.69, 9.17) is 37.3 Å². The highest BCUT2D eigenvalue weighted by Crippen LogP contribution is 2.52. The first-order valence-electron chi connectivity index (χ1n) is 25.1. The van der Waals surface area contributed by atoms with Gasteiger partial charge in [0.2, 0.25) is 5.79 Å². The first-order chi connectivity index (χ1) is 32.3. The number of fused-ring (bicyclic) bond motifs is 3. The third-order valence-corrected chi connectivity index (χ3v) is 16.7. The molecule has 1 amide bonds. The summed E-state index contributed by atoms with van der Waals surface area (Å²) in [5.41, 5.74) is 1.60. The standard InChI is InChI=1S/C50H83N2O15P/c1-11-37-25-31(2)24-32(3)26-43(61-8)46-44(62-9)28-34(5)50(58,66-46)47(55)48(56)52-21-13-12-16-38(52)49(57)65-45(35(6)39(53)30-40(37)54)33(4)27-36-17-18-41(42(29-36)60-7)67-68(59,63-10)64-23-22-51-19-14-15-20-51/h25,27,32,34-39,41-46,53,58H,11-24,26,28-30H2,1-10H3/b31-25+,33-27+/t32-,34+,35+,36-,37+,38-,39?,41+,42+,43-,44-,45+,46+,50+,68?/m0/s1. The molecule has 68 heavy (non-hydrogen) atoms. The van der Waals surface area contributed by atoms with Gasteiger partial charge in [0.15, 0.2) is 0 Å². The number of likely N-dealkylation sites (tertiary alicyclic amines) is 1. The zero-order chi connectivity index (χ0) is 49.9. The average molecular weight is 983 g/mol. The molecule has 0 aromatic carbocycles. The summed E-state index contributed by atoms with van der Waals surface area (Å²) in [5, 5.41) is 24.0. The van der Waals surface area contributed by atoms with E-state index in [9.17, 15) is 34.0 Å². The van der Waals surface area contributed by atoms with E-state index in [0.717, 1.165) is 31.5 Å². The first kappa shape index (κ1) is 56.5. The number of hydrogen-bond acceptors (Lipinski definition) is 16. The number of hydrogen-bond donors (Lipinski definition) is 2. The average Bonchev–Trinajstić information content (AvgIpc) is 3.85. The van der Waals surface area contributed by atoms with E-state index in [1.54, 1.807) is 21.0 Å². The number of Topliss-reactive ketones (excluding diaryl/α,β-unsaturated/α-hetero) is 2. The van der Waals surface area contributed by atoms with E-state index < -0.39 is 97.8 Å². The molecule has 15 atom stereocenters. The van der Waals surface area contributed by atoms with Gasteiger partial charge in [-0.25, -0.2) is 9.36 Å². The maximum absolute atomic E-state index is 14.6. The van der Waals surface area contributed by atoms with Crippen molar-refractivity contribution < 1.29 is 71.2 Å². The maximum atomic E-state index is 14.6. The van der Waals surface area contributed by atoms with Gasteiger partial charge < -0.3 is 43.7 Å². The quantitative estimate of drug-likeness (QED) is 0.0891. The molecule has 17 nitrogen and oxygen atoms in total. The van der Waals surface area contributed by atoms with Crippen molar-refractivity contribution in [1.29, 1.82) is 0 Å². The SMILES string of the molecule is CC[C@@H]1/C=C(\C)C[C@H](C)C[C@H](OC)[C@H]2O[C@@](O)(C(=O)C(=O)N3CCCC[C@H]3C(=O)O[C@H](/C(C)=C/[C@@H]3CC[C@@H](OP(=O)(OC)OCCN4CCCC4)[C@H](OC)C3)[C@H](C)C(O)CC1=O)[C@H](C)C[C@@H]2OC. The topological polar surface area (TPSA) is 206 Å². The third kappa shape index (κ3) is 14.2. The molecule has 1 aliphatic carbocycles. The molecule has 2 bridgehead atoms. The fourth-order valence-corrected chi connectivity index (χ4v) is 12.2. The van der Waals surface area contributed by atoms with Crippen molar-refractivity contribution in [2.45, 2.75) is 180 Å². The fraction of sp³-hybridized carbons (Fsp3) is 0.840. The molecule has 4 fully saturated rings. The highest BCUT2D eigenvalue weighted by molar-refractivity contribution is 7.48. The molecule has 0 radical (unpaired) electrons. The molecule has 5 aliphatic rings. The summed E-state index contributed by atoms with van der Waals surface area (Å²) < 4.78 is 60.9. The molecule has 388 valence electrons. The Hall–Kier alpha value is -2.41. The van der Waals surface area contributed by atoms with E-state index >= 15 is 0 Å². The van der Waals surface area contributed by atoms with Crippen LogP contribution in [0.5, 0.6) is 0 Å². The van der Waals surface area contributed by atoms with E-state index in [0.29, 0.717) is 63.5 Å². The molecule has 2 unspecified atom stereocenters. The number of piperidine rings is 1. The maximum Gasteiger partial charge on any atom is 0.474 e. The Morgan fingerprint density at radius 3 is 2.19 bits per heavy atom. The largest absolute Gasteiger partial charge is 0.474 e. The van der Waals surface area contributed by atoms with Gasteiger partial charge in [0.25, 0.3) is 11.7 Å². The van der Waals surface area contributed by atoms with Crippen molar-refractivity contribution in [3.8, 4) is 0 Å². The number of methoxy groups -OCH3 is 3. The van der Waals surface area contributed by atoms with E-state index in [1.807, 2.05) is 39.8 Å². The van der Waals surface area contributed by atoms with Gasteiger partial charge >= 0.3 is 13.8 Å². The van der Waals surface area contributed by atoms with Crippen molar-refractivity contribution in [2.24, 2.45) is 29.6 Å². The van der Waals surface area contributed by atoms with Crippen LogP contribution in [0, 0.1) is 29.6 Å². The summed E-state index contributed by atoms with van der Waals surface area (Å²) in [7, 11) is 2.04. The van der Waals surface area contributed by atoms with E-state index in [2.05, 4.69) is 4.90 Å². The predicted octanol–water partition coefficient (Wildman–Crippen LogP) is 6.36. The van der Waals surface area contributed by atoms with Gasteiger partial charge in [0, 0.05) is 65.7 Å². The van der Waals surface area contributed by atoms with Crippen LogP contribution in [0.4, 0.5) is 0 Å². The lowest BCUT2D eigenvalue weighted by atomic mass is 9.81. The van der Waals surface area contributed by atoms with Crippen LogP contribution in [0.25, 0.3) is 0 Å². The normalized spacial score (nSPS) is 38.8. The molecule has 5 rings (SSSR count). The highest BCUT2D eigenvalue weighted by Gasteiger charge is 2.56. The Morgan fingerprint density at radius 2 is 1.54 bits per heavy atom. The van der Waals surface area contributed by atoms with Crippen molar-refractivity contribution >= 4 is 31.3 Å². The molecule has 2 N–H and O–H groups in total. The summed E-state index contributed by atoms with van der Waals surface area (Å²) in [6.07, 6.45) is 5.17. The molecule has 3 saturated heterocycles. The summed E-state index contributed by atoms with van der Waals surface area (Å²) in [5.74, 6) is -7.87. The summed E-state index contributed by atoms with van der Waals surface area (Å²) >= 11 is 0. The van der Waals surface area contributed by atoms with Crippen LogP contribution in [0.1, 0.15) is 125 Å². The van der Waals surface area contributed by atoms with Crippen LogP contribution in [0.3, 0.4) is 0 Å². The molecule has 4 heterocycles. The van der Waals surface area contributed by atoms with Gasteiger partial charge in [0.1, 0.15) is 24.0 Å². The smallest absolute Gasteiger partial charge is 0.456 e. The number of phosphoric acid groups is 1. The third-order valence-electron chi connectivity index (χ3n) is 15.2. The lowest BCUT2D eigenvalue weighted by Gasteiger charge is -2.47. The number of nitrogens with zero attached hydrogens (tertiary/aromatic N) is 2. The Balaban J connectivity index is 1.44. The lowest BCUT2D eigenvalue weighted by molar-refractivity contribution is -0.302. The van der Waals surface area contributed by atoms with Crippen LogP contribution in [-0.4, -0.2) is 159 Å². The monoisotopic (exact) mass is 983 g/mol. The van der Waals surface area contributed by atoms with Crippen molar-refractivity contribution in [3.63, 3.8) is 0 Å². The molecule has 18 heteroatoms. The van der Waals surface area contributed by atoms with Crippen molar-refractivity contribution in [2.75, 3.05) is 61.2 Å². The minimum Gasteiger partial charge on any atom is -0.456 e. The predicted molar refractivity (Wildman–Crippen MR) is 253 cm³/mol. The molecule has 0 aromatic rings. The minimum absolute atomic E-state index is 0.0135. The summed E-state index contributed by atoms with van der Waals surface area (Å²) in [6, 6.07) is -1.18. The second-order valence-corrected chi connectivity index (χ2v) is 22.0. The van der Waals surface area contributed by atoms with Gasteiger partial charge in [-0.2, -0.15) is 0 Å². The number of carbonyl (C=O) groups is 4. The number of aliphatic hydroxyl groups is 2. The summed E-state index contributed by atoms with van der Waals surface area (Å²) in [6.45, 7) is 14.0. The van der Waals surface area contributed by atoms with Crippen LogP contribution in [0.2, 0.25) is 0 Å². The number of esters is 1. The molecule has 1 saturated carbocycles. The van der Waals surface area contributed by atoms with E-state index in [1.165, 1.54) is 26.2 Å². The molecular weight excluding hydrogens is 900 g/mol. The number of phosphoric ester groups is 1. The fourth-order valence-electron chi connectivity index (χ4n) is 11.1. The van der Waals surface area contributed by atoms with Gasteiger partial charge in [-0.05, 0) is 121 Å². The second kappa shape index (κ2) is 25.8. The Morgan fingerprint density at radius 1 is 0.882 bits per heavy atom. The Bertz CT molecular complexity index is 1810. The second-order valence-electron chi connectivity index (χ2n) is 20.2. The number of ether oxygens (including phenoxy) is 5. The van der Waals surface area contributed by atoms with Gasteiger partial charge in [-0.3, -0.25) is 28.0 Å². The lowest BCUT2D eigenvalue weighted by Crippen LogP contribution is -2.64. The molecule has 0 spiro atoms. The molecule has 0 aromatic heterocycles. The van der Waals surface area contributed by atoms with Crippen LogP contribution >= 0.6 is 7.82 Å². The van der Waals surface area contributed by atoms with E-state index in [-0.39, 0.29) is 50.0 Å². The highest BCUT2D eigenvalue weighted by atomic mass is 31.2. The van der Waals surface area contributed by atoms with Crippen LogP contribution < -0.4 is 0 Å². The number of amides is 1. The number of cyclic esters (lactones) is 1. The van der Waals surface area contributed by atoms with Crippen molar-refractivity contribution in [3.05, 3.63) is 23.3 Å². The van der Waals surface area contributed by atoms with Crippen LogP contribution in [0.15, 0.2) is 23.3 Å².